The van der Waals surface area contributed by atoms with E-state index >= 15 is 0 Å². The molecular formula is C27H23N5O6S2. The zero-order valence-electron chi connectivity index (χ0n) is 21.0. The molecule has 40 heavy (non-hydrogen) atoms. The number of aromatic nitrogens is 3. The normalized spacial score (nSPS) is 17.5. The lowest BCUT2D eigenvalue weighted by molar-refractivity contribution is -0.752. The number of anilines is 2. The second-order valence-corrected chi connectivity index (χ2v) is 13.4. The maximum Gasteiger partial charge on any atom is 0.272 e. The van der Waals surface area contributed by atoms with Crippen molar-refractivity contribution in [2.24, 2.45) is 0 Å². The van der Waals surface area contributed by atoms with E-state index in [2.05, 4.69) is 21.0 Å². The Bertz CT molecular complexity index is 1990. The highest BCUT2D eigenvalue weighted by Crippen LogP contribution is 2.38. The predicted octanol–water partition coefficient (Wildman–Crippen LogP) is 2.62. The highest BCUT2D eigenvalue weighted by atomic mass is 32.2. The molecule has 0 bridgehead atoms. The van der Waals surface area contributed by atoms with Gasteiger partial charge in [0.25, 0.3) is 5.03 Å². The number of furan rings is 1. The topological polar surface area (TPSA) is 133 Å². The molecule has 2 aromatic heterocycles. The van der Waals surface area contributed by atoms with Crippen LogP contribution in [0.4, 0.5) is 11.4 Å². The maximum absolute atomic E-state index is 13.4. The predicted molar refractivity (Wildman–Crippen MR) is 145 cm³/mol. The van der Waals surface area contributed by atoms with Crippen LogP contribution in [0.3, 0.4) is 0 Å². The van der Waals surface area contributed by atoms with Crippen LogP contribution in [0, 0.1) is 5.21 Å². The van der Waals surface area contributed by atoms with Gasteiger partial charge in [0.2, 0.25) is 24.7 Å². The molecule has 0 atom stereocenters. The molecule has 0 aliphatic carbocycles. The first-order chi connectivity index (χ1) is 19.2. The van der Waals surface area contributed by atoms with Crippen LogP contribution in [0.15, 0.2) is 103 Å². The second kappa shape index (κ2) is 8.83. The molecule has 2 aliphatic heterocycles. The van der Waals surface area contributed by atoms with Gasteiger partial charge in [0.15, 0.2) is 5.58 Å². The van der Waals surface area contributed by atoms with Gasteiger partial charge in [-0.25, -0.2) is 16.8 Å². The molecule has 7 rings (SSSR count). The van der Waals surface area contributed by atoms with Crippen molar-refractivity contribution in [3.63, 3.8) is 0 Å². The van der Waals surface area contributed by atoms with E-state index in [1.165, 1.54) is 24.3 Å². The van der Waals surface area contributed by atoms with Crippen molar-refractivity contribution in [1.29, 1.82) is 0 Å². The zero-order chi connectivity index (χ0) is 27.6. The summed E-state index contributed by atoms with van der Waals surface area (Å²) in [5.74, 6) is 0. The van der Waals surface area contributed by atoms with Gasteiger partial charge in [0.1, 0.15) is 6.54 Å². The molecule has 0 saturated carbocycles. The molecule has 204 valence electrons. The number of rotatable bonds is 4. The number of hydrogen-bond acceptors (Lipinski definition) is 9. The summed E-state index contributed by atoms with van der Waals surface area (Å²) < 4.78 is 59.4. The van der Waals surface area contributed by atoms with E-state index in [4.69, 9.17) is 4.42 Å². The van der Waals surface area contributed by atoms with Crippen LogP contribution in [0.5, 0.6) is 0 Å². The molecule has 0 spiro atoms. The average molecular weight is 578 g/mol. The van der Waals surface area contributed by atoms with E-state index in [9.17, 15) is 22.0 Å². The van der Waals surface area contributed by atoms with E-state index in [1.54, 1.807) is 18.4 Å². The Hall–Kier alpha value is -4.36. The fourth-order valence-electron chi connectivity index (χ4n) is 5.44. The van der Waals surface area contributed by atoms with E-state index < -0.39 is 29.7 Å². The minimum Gasteiger partial charge on any atom is -0.571 e. The number of piperazine rings is 1. The van der Waals surface area contributed by atoms with Crippen LogP contribution in [-0.2, 0) is 26.2 Å². The van der Waals surface area contributed by atoms with Gasteiger partial charge in [-0.15, -0.1) is 0 Å². The van der Waals surface area contributed by atoms with Crippen molar-refractivity contribution >= 4 is 42.0 Å². The monoisotopic (exact) mass is 577 g/mol. The SMILES string of the molecule is O=S1(=O)c2ccccc2S(=O)(=O)c2c1n[n+]([O-])n2Cc1ccc(N2CCN(c3cccc4ccoc34)CC2)cc1. The first kappa shape index (κ1) is 24.7. The molecule has 0 amide bonds. The average Bonchev–Trinajstić information content (AvgIpc) is 3.58. The van der Waals surface area contributed by atoms with Gasteiger partial charge in [-0.05, 0) is 42.0 Å². The Morgan fingerprint density at radius 1 is 0.800 bits per heavy atom. The summed E-state index contributed by atoms with van der Waals surface area (Å²) in [6.45, 7) is 3.05. The van der Waals surface area contributed by atoms with Gasteiger partial charge in [0.05, 0.1) is 26.8 Å². The summed E-state index contributed by atoms with van der Waals surface area (Å²) in [5.41, 5.74) is 3.58. The van der Waals surface area contributed by atoms with Gasteiger partial charge in [-0.2, -0.15) is 0 Å². The quantitative estimate of drug-likeness (QED) is 0.229. The molecule has 4 heterocycles. The van der Waals surface area contributed by atoms with Crippen molar-refractivity contribution in [1.82, 2.24) is 9.78 Å². The van der Waals surface area contributed by atoms with Gasteiger partial charge in [-0.1, -0.05) is 41.1 Å². The molecule has 2 aliphatic rings. The van der Waals surface area contributed by atoms with Crippen molar-refractivity contribution < 1.29 is 26.2 Å². The first-order valence-corrected chi connectivity index (χ1v) is 15.6. The molecule has 0 radical (unpaired) electrons. The Morgan fingerprint density at radius 3 is 2.20 bits per heavy atom. The van der Waals surface area contributed by atoms with Crippen molar-refractivity contribution in [2.45, 2.75) is 26.4 Å². The third-order valence-electron chi connectivity index (χ3n) is 7.45. The molecule has 1 fully saturated rings. The Morgan fingerprint density at radius 2 is 1.48 bits per heavy atom. The molecule has 1 saturated heterocycles. The third kappa shape index (κ3) is 3.68. The summed E-state index contributed by atoms with van der Waals surface area (Å²) in [7, 11) is -8.55. The van der Waals surface area contributed by atoms with E-state index in [1.807, 2.05) is 30.3 Å². The second-order valence-electron chi connectivity index (χ2n) is 9.73. The highest BCUT2D eigenvalue weighted by Gasteiger charge is 2.47. The van der Waals surface area contributed by atoms with Crippen LogP contribution >= 0.6 is 0 Å². The Kier molecular flexibility index (Phi) is 5.44. The lowest BCUT2D eigenvalue weighted by atomic mass is 10.1. The fourth-order valence-corrected chi connectivity index (χ4v) is 9.55. The summed E-state index contributed by atoms with van der Waals surface area (Å²) >= 11 is 0. The van der Waals surface area contributed by atoms with E-state index in [0.29, 0.717) is 5.56 Å². The smallest absolute Gasteiger partial charge is 0.272 e. The Labute approximate surface area is 229 Å². The van der Waals surface area contributed by atoms with E-state index in [-0.39, 0.29) is 21.3 Å². The largest absolute Gasteiger partial charge is 0.571 e. The van der Waals surface area contributed by atoms with E-state index in [0.717, 1.165) is 53.2 Å². The minimum atomic E-state index is -4.28. The Balaban J connectivity index is 1.12. The summed E-state index contributed by atoms with van der Waals surface area (Å²) in [6, 6.07) is 20.8. The van der Waals surface area contributed by atoms with Crippen molar-refractivity contribution in [3.05, 3.63) is 89.8 Å². The number of sulfone groups is 2. The summed E-state index contributed by atoms with van der Waals surface area (Å²) in [5, 5.41) is 16.0. The highest BCUT2D eigenvalue weighted by molar-refractivity contribution is 7.97. The first-order valence-electron chi connectivity index (χ1n) is 12.6. The number of hydrogen-bond donors (Lipinski definition) is 0. The molecular weight excluding hydrogens is 554 g/mol. The zero-order valence-corrected chi connectivity index (χ0v) is 22.7. The summed E-state index contributed by atoms with van der Waals surface area (Å²) in [6.07, 6.45) is 1.70. The molecule has 0 unspecified atom stereocenters. The standard InChI is InChI=1S/C27H23N5O6S2/c33-32-28-26-27(40(36,37)24-7-2-1-6-23(24)39(26,34)35)31(32)18-19-8-10-21(11-9-19)29-13-15-30(16-14-29)22-5-3-4-20-12-17-38-25(20)22/h1-12,17H,13-16,18H2. The molecule has 13 heteroatoms. The molecule has 5 aromatic rings. The minimum absolute atomic E-state index is 0.0400. The van der Waals surface area contributed by atoms with Crippen LogP contribution in [0.2, 0.25) is 0 Å². The summed E-state index contributed by atoms with van der Waals surface area (Å²) in [4.78, 5) is 3.86. The van der Waals surface area contributed by atoms with Crippen LogP contribution in [0.25, 0.3) is 11.0 Å². The van der Waals surface area contributed by atoms with Crippen molar-refractivity contribution in [3.8, 4) is 0 Å². The lowest BCUT2D eigenvalue weighted by Gasteiger charge is -2.37. The third-order valence-corrected chi connectivity index (χ3v) is 11.3. The van der Waals surface area contributed by atoms with Crippen LogP contribution in [0.1, 0.15) is 5.56 Å². The number of benzene rings is 3. The van der Waals surface area contributed by atoms with Gasteiger partial charge in [0, 0.05) is 42.2 Å². The maximum atomic E-state index is 13.4. The molecule has 11 nitrogen and oxygen atoms in total. The number of nitrogens with zero attached hydrogens (tertiary/aromatic N) is 5. The van der Waals surface area contributed by atoms with Gasteiger partial charge in [-0.3, -0.25) is 0 Å². The van der Waals surface area contributed by atoms with Crippen LogP contribution in [-0.4, -0.2) is 52.8 Å². The molecule has 0 N–H and O–H groups in total. The van der Waals surface area contributed by atoms with Gasteiger partial charge < -0.3 is 19.4 Å². The number of para-hydroxylation sites is 1. The fraction of sp³-hybridized carbons (Fsp3) is 0.185. The lowest BCUT2D eigenvalue weighted by Crippen LogP contribution is -2.46. The number of fused-ring (bicyclic) bond motifs is 3. The van der Waals surface area contributed by atoms with Gasteiger partial charge >= 0.3 is 0 Å². The molecule has 3 aromatic carbocycles. The van der Waals surface area contributed by atoms with Crippen LogP contribution < -0.4 is 14.8 Å². The van der Waals surface area contributed by atoms with Crippen molar-refractivity contribution in [2.75, 3.05) is 36.0 Å².